The summed E-state index contributed by atoms with van der Waals surface area (Å²) in [7, 11) is 0. The molecular formula is C13H21N3O2. The number of aliphatic hydroxyl groups is 1. The van der Waals surface area contributed by atoms with Crippen molar-refractivity contribution in [2.45, 2.75) is 57.6 Å². The fourth-order valence-electron chi connectivity index (χ4n) is 1.56. The van der Waals surface area contributed by atoms with Gasteiger partial charge < -0.3 is 15.4 Å². The minimum Gasteiger partial charge on any atom is -0.388 e. The van der Waals surface area contributed by atoms with E-state index in [0.717, 1.165) is 18.7 Å². The third kappa shape index (κ3) is 2.72. The molecule has 0 radical (unpaired) electrons. The van der Waals surface area contributed by atoms with E-state index in [1.165, 1.54) is 6.07 Å². The van der Waals surface area contributed by atoms with Crippen LogP contribution in [0, 0.1) is 0 Å². The summed E-state index contributed by atoms with van der Waals surface area (Å²) in [6.07, 6.45) is 2.17. The zero-order valence-corrected chi connectivity index (χ0v) is 11.4. The van der Waals surface area contributed by atoms with Crippen molar-refractivity contribution < 1.29 is 5.11 Å². The summed E-state index contributed by atoms with van der Waals surface area (Å²) in [6.45, 7) is 7.23. The molecule has 0 spiro atoms. The van der Waals surface area contributed by atoms with E-state index < -0.39 is 11.1 Å². The van der Waals surface area contributed by atoms with Gasteiger partial charge >= 0.3 is 0 Å². The molecule has 1 aliphatic carbocycles. The lowest BCUT2D eigenvalue weighted by molar-refractivity contribution is 0.0238. The van der Waals surface area contributed by atoms with E-state index >= 15 is 0 Å². The van der Waals surface area contributed by atoms with Crippen LogP contribution in [0.2, 0.25) is 0 Å². The average molecular weight is 251 g/mol. The van der Waals surface area contributed by atoms with Gasteiger partial charge in [-0.15, -0.1) is 0 Å². The number of nitrogens with one attached hydrogen (secondary N) is 2. The number of nitrogens with zero attached hydrogens (tertiary/aromatic N) is 1. The van der Waals surface area contributed by atoms with Gasteiger partial charge in [0.25, 0.3) is 5.56 Å². The van der Waals surface area contributed by atoms with E-state index in [1.54, 1.807) is 13.8 Å². The normalized spacial score (nSPS) is 16.7. The number of hydrogen-bond acceptors (Lipinski definition) is 4. The highest BCUT2D eigenvalue weighted by atomic mass is 16.3. The summed E-state index contributed by atoms with van der Waals surface area (Å²) in [5.41, 5.74) is -1.65. The summed E-state index contributed by atoms with van der Waals surface area (Å²) >= 11 is 0. The Morgan fingerprint density at radius 1 is 1.39 bits per heavy atom. The SMILES string of the molecule is CC(C)(O)C(C)(C)Nc1cc(=O)[nH]c(C2CC2)n1. The number of aromatic nitrogens is 2. The molecule has 0 atom stereocenters. The Hall–Kier alpha value is -1.36. The van der Waals surface area contributed by atoms with Crippen molar-refractivity contribution in [3.05, 3.63) is 22.2 Å². The van der Waals surface area contributed by atoms with Gasteiger partial charge in [0.1, 0.15) is 11.6 Å². The lowest BCUT2D eigenvalue weighted by atomic mass is 9.86. The molecule has 5 heteroatoms. The molecule has 1 saturated carbocycles. The van der Waals surface area contributed by atoms with E-state index in [-0.39, 0.29) is 5.56 Å². The molecule has 0 saturated heterocycles. The van der Waals surface area contributed by atoms with Gasteiger partial charge in [-0.2, -0.15) is 0 Å². The fraction of sp³-hybridized carbons (Fsp3) is 0.692. The van der Waals surface area contributed by atoms with Crippen molar-refractivity contribution in [3.63, 3.8) is 0 Å². The minimum absolute atomic E-state index is 0.152. The quantitative estimate of drug-likeness (QED) is 0.759. The first-order chi connectivity index (χ1) is 8.19. The molecule has 0 aromatic carbocycles. The van der Waals surface area contributed by atoms with Crippen molar-refractivity contribution in [2.24, 2.45) is 0 Å². The minimum atomic E-state index is -0.920. The van der Waals surface area contributed by atoms with E-state index in [2.05, 4.69) is 15.3 Å². The van der Waals surface area contributed by atoms with Gasteiger partial charge in [-0.05, 0) is 40.5 Å². The molecule has 2 rings (SSSR count). The summed E-state index contributed by atoms with van der Waals surface area (Å²) in [6, 6.07) is 1.43. The van der Waals surface area contributed by atoms with Crippen LogP contribution in [0.1, 0.15) is 52.3 Å². The number of anilines is 1. The maximum atomic E-state index is 11.6. The molecule has 1 aromatic rings. The fourth-order valence-corrected chi connectivity index (χ4v) is 1.56. The Morgan fingerprint density at radius 2 is 2.00 bits per heavy atom. The van der Waals surface area contributed by atoms with Crippen LogP contribution in [-0.4, -0.2) is 26.2 Å². The smallest absolute Gasteiger partial charge is 0.252 e. The van der Waals surface area contributed by atoms with Crippen LogP contribution in [0.5, 0.6) is 0 Å². The number of rotatable bonds is 4. The van der Waals surface area contributed by atoms with Crippen LogP contribution in [0.4, 0.5) is 5.82 Å². The van der Waals surface area contributed by atoms with Gasteiger partial charge in [0.2, 0.25) is 0 Å². The highest BCUT2D eigenvalue weighted by Crippen LogP contribution is 2.38. The van der Waals surface area contributed by atoms with Gasteiger partial charge in [-0.1, -0.05) is 0 Å². The van der Waals surface area contributed by atoms with Gasteiger partial charge in [0, 0.05) is 12.0 Å². The molecule has 1 aromatic heterocycles. The van der Waals surface area contributed by atoms with Gasteiger partial charge in [-0.25, -0.2) is 4.98 Å². The van der Waals surface area contributed by atoms with Crippen molar-refractivity contribution in [1.82, 2.24) is 9.97 Å². The number of aromatic amines is 1. The Kier molecular flexibility index (Phi) is 2.97. The Balaban J connectivity index is 2.26. The average Bonchev–Trinajstić information content (AvgIpc) is 2.96. The first-order valence-electron chi connectivity index (χ1n) is 6.31. The second kappa shape index (κ2) is 4.09. The maximum Gasteiger partial charge on any atom is 0.252 e. The van der Waals surface area contributed by atoms with E-state index in [4.69, 9.17) is 0 Å². The summed E-state index contributed by atoms with van der Waals surface area (Å²) < 4.78 is 0. The number of H-pyrrole nitrogens is 1. The molecule has 0 amide bonds. The van der Waals surface area contributed by atoms with Crippen LogP contribution in [-0.2, 0) is 0 Å². The molecule has 0 aliphatic heterocycles. The third-order valence-corrected chi connectivity index (χ3v) is 3.69. The van der Waals surface area contributed by atoms with Crippen molar-refractivity contribution in [1.29, 1.82) is 0 Å². The van der Waals surface area contributed by atoms with E-state index in [9.17, 15) is 9.90 Å². The third-order valence-electron chi connectivity index (χ3n) is 3.69. The zero-order valence-electron chi connectivity index (χ0n) is 11.4. The van der Waals surface area contributed by atoms with Gasteiger partial charge in [-0.3, -0.25) is 4.79 Å². The Bertz CT molecular complexity index is 496. The van der Waals surface area contributed by atoms with Gasteiger partial charge in [0.05, 0.1) is 11.1 Å². The second-order valence-corrected chi connectivity index (χ2v) is 6.10. The standard InChI is InChI=1S/C13H21N3O2/c1-12(2,13(3,4)18)16-9-7-10(17)15-11(14-9)8-5-6-8/h7-8,18H,5-6H2,1-4H3,(H2,14,15,16,17). The molecule has 3 N–H and O–H groups in total. The Morgan fingerprint density at radius 3 is 2.50 bits per heavy atom. The van der Waals surface area contributed by atoms with Crippen LogP contribution in [0.3, 0.4) is 0 Å². The largest absolute Gasteiger partial charge is 0.388 e. The predicted molar refractivity (Wildman–Crippen MR) is 70.8 cm³/mol. The van der Waals surface area contributed by atoms with Crippen LogP contribution in [0.15, 0.2) is 10.9 Å². The van der Waals surface area contributed by atoms with Crippen LogP contribution < -0.4 is 10.9 Å². The molecule has 1 heterocycles. The van der Waals surface area contributed by atoms with Crippen molar-refractivity contribution >= 4 is 5.82 Å². The summed E-state index contributed by atoms with van der Waals surface area (Å²) in [5, 5.41) is 13.2. The number of hydrogen-bond donors (Lipinski definition) is 3. The molecule has 18 heavy (non-hydrogen) atoms. The van der Waals surface area contributed by atoms with E-state index in [1.807, 2.05) is 13.8 Å². The summed E-state index contributed by atoms with van der Waals surface area (Å²) in [4.78, 5) is 18.8. The highest BCUT2D eigenvalue weighted by molar-refractivity contribution is 5.38. The summed E-state index contributed by atoms with van der Waals surface area (Å²) in [5.74, 6) is 1.66. The van der Waals surface area contributed by atoms with Crippen molar-refractivity contribution in [3.8, 4) is 0 Å². The van der Waals surface area contributed by atoms with Gasteiger partial charge in [0.15, 0.2) is 0 Å². The molecule has 0 unspecified atom stereocenters. The first-order valence-corrected chi connectivity index (χ1v) is 6.31. The van der Waals surface area contributed by atoms with E-state index in [0.29, 0.717) is 11.7 Å². The monoisotopic (exact) mass is 251 g/mol. The van der Waals surface area contributed by atoms with Crippen LogP contribution in [0.25, 0.3) is 0 Å². The highest BCUT2D eigenvalue weighted by Gasteiger charge is 2.35. The van der Waals surface area contributed by atoms with Crippen LogP contribution >= 0.6 is 0 Å². The zero-order chi connectivity index (χ0) is 13.6. The lowest BCUT2D eigenvalue weighted by Gasteiger charge is -2.38. The molecule has 100 valence electrons. The maximum absolute atomic E-state index is 11.6. The molecule has 1 aliphatic rings. The Labute approximate surface area is 107 Å². The molecule has 1 fully saturated rings. The molecule has 0 bridgehead atoms. The topological polar surface area (TPSA) is 78.0 Å². The predicted octanol–water partition coefficient (Wildman–Crippen LogP) is 1.61. The molecular weight excluding hydrogens is 230 g/mol. The lowest BCUT2D eigenvalue weighted by Crippen LogP contribution is -2.51. The molecule has 5 nitrogen and oxygen atoms in total. The first kappa shape index (κ1) is 13.1. The van der Waals surface area contributed by atoms with Crippen molar-refractivity contribution in [2.75, 3.05) is 5.32 Å². The second-order valence-electron chi connectivity index (χ2n) is 6.10.